The van der Waals surface area contributed by atoms with Crippen LogP contribution in [0.4, 0.5) is 5.13 Å². The maximum absolute atomic E-state index is 11.4. The van der Waals surface area contributed by atoms with Gasteiger partial charge in [-0.3, -0.25) is 10.1 Å². The van der Waals surface area contributed by atoms with E-state index in [1.165, 1.54) is 23.0 Å². The summed E-state index contributed by atoms with van der Waals surface area (Å²) in [5.74, 6) is 0.690. The number of ether oxygens (including phenoxy) is 1. The number of benzene rings is 1. The first-order valence-electron chi connectivity index (χ1n) is 6.22. The zero-order valence-corrected chi connectivity index (χ0v) is 12.2. The molecule has 0 aliphatic heterocycles. The molecular weight excluding hydrogens is 272 g/mol. The van der Waals surface area contributed by atoms with Crippen LogP contribution in [0.15, 0.2) is 42.6 Å². The summed E-state index contributed by atoms with van der Waals surface area (Å²) in [6.07, 6.45) is 5.76. The van der Waals surface area contributed by atoms with E-state index in [1.54, 1.807) is 26.3 Å². The third kappa shape index (κ3) is 3.93. The van der Waals surface area contributed by atoms with Gasteiger partial charge in [0.05, 0.1) is 7.11 Å². The normalized spacial score (nSPS) is 10.7. The zero-order valence-electron chi connectivity index (χ0n) is 11.4. The molecule has 0 saturated heterocycles. The Balaban J connectivity index is 1.99. The Kier molecular flexibility index (Phi) is 4.90. The fraction of sp³-hybridized carbons (Fsp3) is 0.200. The van der Waals surface area contributed by atoms with Crippen molar-refractivity contribution in [3.05, 3.63) is 53.1 Å². The van der Waals surface area contributed by atoms with Crippen LogP contribution in [0.2, 0.25) is 0 Å². The predicted molar refractivity (Wildman–Crippen MR) is 81.4 cm³/mol. The molecule has 20 heavy (non-hydrogen) atoms. The molecule has 0 unspecified atom stereocenters. The molecule has 0 saturated carbocycles. The largest absolute Gasteiger partial charge is 0.497 e. The Bertz CT molecular complexity index is 603. The van der Waals surface area contributed by atoms with Gasteiger partial charge in [-0.2, -0.15) is 0 Å². The number of aromatic nitrogens is 1. The van der Waals surface area contributed by atoms with Gasteiger partial charge in [-0.1, -0.05) is 18.2 Å². The summed E-state index contributed by atoms with van der Waals surface area (Å²) >= 11 is 1.48. The number of nitrogens with one attached hydrogen (secondary N) is 1. The predicted octanol–water partition coefficient (Wildman–Crippen LogP) is 3.26. The minimum absolute atomic E-state index is 0.155. The number of thiazole rings is 1. The van der Waals surface area contributed by atoms with E-state index in [0.29, 0.717) is 5.13 Å². The van der Waals surface area contributed by atoms with Gasteiger partial charge in [-0.15, -0.1) is 11.3 Å². The van der Waals surface area contributed by atoms with Gasteiger partial charge in [0, 0.05) is 17.5 Å². The number of anilines is 1. The van der Waals surface area contributed by atoms with Gasteiger partial charge in [0.15, 0.2) is 5.13 Å². The SMILES string of the molecule is C/C=C/C(=O)Nc1ncc(Cc2ccc(OC)cc2)s1. The van der Waals surface area contributed by atoms with Crippen LogP contribution in [0.5, 0.6) is 5.75 Å². The summed E-state index contributed by atoms with van der Waals surface area (Å²) in [7, 11) is 1.65. The lowest BCUT2D eigenvalue weighted by Gasteiger charge is -2.01. The highest BCUT2D eigenvalue weighted by Crippen LogP contribution is 2.22. The Morgan fingerprint density at radius 1 is 1.40 bits per heavy atom. The molecule has 0 atom stereocenters. The second-order valence-electron chi connectivity index (χ2n) is 4.15. The average molecular weight is 288 g/mol. The van der Waals surface area contributed by atoms with Gasteiger partial charge in [-0.05, 0) is 30.7 Å². The molecule has 2 rings (SSSR count). The van der Waals surface area contributed by atoms with Crippen LogP contribution >= 0.6 is 11.3 Å². The molecule has 1 N–H and O–H groups in total. The van der Waals surface area contributed by atoms with E-state index < -0.39 is 0 Å². The van der Waals surface area contributed by atoms with Crippen LogP contribution in [0.1, 0.15) is 17.4 Å². The summed E-state index contributed by atoms with van der Waals surface area (Å²) in [6, 6.07) is 7.92. The first-order chi connectivity index (χ1) is 9.71. The van der Waals surface area contributed by atoms with Gasteiger partial charge in [0.1, 0.15) is 5.75 Å². The van der Waals surface area contributed by atoms with Crippen LogP contribution in [0.25, 0.3) is 0 Å². The maximum atomic E-state index is 11.4. The number of nitrogens with zero attached hydrogens (tertiary/aromatic N) is 1. The van der Waals surface area contributed by atoms with Gasteiger partial charge in [0.25, 0.3) is 0 Å². The highest BCUT2D eigenvalue weighted by atomic mass is 32.1. The van der Waals surface area contributed by atoms with Crippen molar-refractivity contribution >= 4 is 22.4 Å². The number of carbonyl (C=O) groups is 1. The number of rotatable bonds is 5. The molecule has 0 radical (unpaired) electrons. The minimum atomic E-state index is -0.155. The minimum Gasteiger partial charge on any atom is -0.497 e. The van der Waals surface area contributed by atoms with E-state index in [0.717, 1.165) is 17.0 Å². The number of hydrogen-bond acceptors (Lipinski definition) is 4. The number of methoxy groups -OCH3 is 1. The molecule has 1 aromatic heterocycles. The second-order valence-corrected chi connectivity index (χ2v) is 5.26. The highest BCUT2D eigenvalue weighted by molar-refractivity contribution is 7.15. The van der Waals surface area contributed by atoms with Gasteiger partial charge in [0.2, 0.25) is 5.91 Å². The zero-order chi connectivity index (χ0) is 14.4. The van der Waals surface area contributed by atoms with E-state index in [9.17, 15) is 4.79 Å². The molecule has 5 heteroatoms. The van der Waals surface area contributed by atoms with Gasteiger partial charge < -0.3 is 4.74 Å². The quantitative estimate of drug-likeness (QED) is 0.859. The van der Waals surface area contributed by atoms with Crippen molar-refractivity contribution < 1.29 is 9.53 Å². The monoisotopic (exact) mass is 288 g/mol. The van der Waals surface area contributed by atoms with Crippen molar-refractivity contribution in [2.24, 2.45) is 0 Å². The third-order valence-electron chi connectivity index (χ3n) is 2.64. The first-order valence-corrected chi connectivity index (χ1v) is 7.04. The van der Waals surface area contributed by atoms with E-state index in [-0.39, 0.29) is 5.91 Å². The molecule has 0 spiro atoms. The summed E-state index contributed by atoms with van der Waals surface area (Å²) < 4.78 is 5.13. The third-order valence-corrected chi connectivity index (χ3v) is 3.55. The van der Waals surface area contributed by atoms with Crippen LogP contribution < -0.4 is 10.1 Å². The van der Waals surface area contributed by atoms with Crippen molar-refractivity contribution in [1.29, 1.82) is 0 Å². The van der Waals surface area contributed by atoms with E-state index in [2.05, 4.69) is 10.3 Å². The van der Waals surface area contributed by atoms with E-state index in [4.69, 9.17) is 4.74 Å². The molecule has 104 valence electrons. The van der Waals surface area contributed by atoms with Gasteiger partial charge in [-0.25, -0.2) is 4.98 Å². The summed E-state index contributed by atoms with van der Waals surface area (Å²) in [5, 5.41) is 3.35. The summed E-state index contributed by atoms with van der Waals surface area (Å²) in [5.41, 5.74) is 1.18. The second kappa shape index (κ2) is 6.86. The van der Waals surface area contributed by atoms with Crippen LogP contribution in [0.3, 0.4) is 0 Å². The number of amides is 1. The van der Waals surface area contributed by atoms with Gasteiger partial charge >= 0.3 is 0 Å². The van der Waals surface area contributed by atoms with Crippen molar-refractivity contribution in [2.75, 3.05) is 12.4 Å². The smallest absolute Gasteiger partial charge is 0.249 e. The maximum Gasteiger partial charge on any atom is 0.249 e. The molecule has 0 fully saturated rings. The molecule has 0 bridgehead atoms. The molecule has 0 aliphatic rings. The van der Waals surface area contributed by atoms with Crippen molar-refractivity contribution in [3.8, 4) is 5.75 Å². The molecule has 1 amide bonds. The molecule has 1 aromatic carbocycles. The Morgan fingerprint density at radius 2 is 2.15 bits per heavy atom. The topological polar surface area (TPSA) is 51.2 Å². The lowest BCUT2D eigenvalue weighted by Crippen LogP contribution is -2.06. The lowest BCUT2D eigenvalue weighted by atomic mass is 10.1. The van der Waals surface area contributed by atoms with Crippen LogP contribution in [-0.4, -0.2) is 18.0 Å². The molecule has 2 aromatic rings. The molecule has 0 aliphatic carbocycles. The Hall–Kier alpha value is -2.14. The van der Waals surface area contributed by atoms with Crippen molar-refractivity contribution in [2.45, 2.75) is 13.3 Å². The fourth-order valence-electron chi connectivity index (χ4n) is 1.69. The number of carbonyl (C=O) groups excluding carboxylic acids is 1. The standard InChI is InChI=1S/C15H16N2O2S/c1-3-4-14(18)17-15-16-10-13(20-15)9-11-5-7-12(19-2)8-6-11/h3-8,10H,9H2,1-2H3,(H,16,17,18)/b4-3+. The molecule has 4 nitrogen and oxygen atoms in total. The number of allylic oxidation sites excluding steroid dienone is 1. The van der Waals surface area contributed by atoms with Crippen LogP contribution in [0, 0.1) is 0 Å². The van der Waals surface area contributed by atoms with E-state index in [1.807, 2.05) is 24.3 Å². The summed E-state index contributed by atoms with van der Waals surface area (Å²) in [6.45, 7) is 1.80. The average Bonchev–Trinajstić information content (AvgIpc) is 2.87. The Morgan fingerprint density at radius 3 is 2.80 bits per heavy atom. The van der Waals surface area contributed by atoms with Crippen LogP contribution in [-0.2, 0) is 11.2 Å². The lowest BCUT2D eigenvalue weighted by molar-refractivity contribution is -0.111. The fourth-order valence-corrected chi connectivity index (χ4v) is 2.54. The molecule has 1 heterocycles. The molecular formula is C15H16N2O2S. The first kappa shape index (κ1) is 14.3. The number of hydrogen-bond donors (Lipinski definition) is 1. The van der Waals surface area contributed by atoms with E-state index >= 15 is 0 Å². The van der Waals surface area contributed by atoms with Crippen molar-refractivity contribution in [3.63, 3.8) is 0 Å². The highest BCUT2D eigenvalue weighted by Gasteiger charge is 2.05. The van der Waals surface area contributed by atoms with Crippen molar-refractivity contribution in [1.82, 2.24) is 4.98 Å². The Labute approximate surface area is 122 Å². The summed E-state index contributed by atoms with van der Waals surface area (Å²) in [4.78, 5) is 16.7.